The molecule has 0 atom stereocenters. The van der Waals surface area contributed by atoms with Crippen LogP contribution in [0.2, 0.25) is 6.04 Å². The fourth-order valence-corrected chi connectivity index (χ4v) is 7.82. The minimum Gasteiger partial charge on any atom is -0.330 e. The molecule has 0 unspecified atom stereocenters. The van der Waals surface area contributed by atoms with E-state index in [0.717, 1.165) is 12.8 Å². The zero-order chi connectivity index (χ0) is 26.4. The van der Waals surface area contributed by atoms with E-state index in [4.69, 9.17) is 0 Å². The lowest BCUT2D eigenvalue weighted by Crippen LogP contribution is -2.78. The highest BCUT2D eigenvalue weighted by Gasteiger charge is 2.63. The first-order valence-electron chi connectivity index (χ1n) is 9.81. The number of hydrogen-bond donors (Lipinski definition) is 0. The molecule has 0 aliphatic rings. The Bertz CT molecular complexity index is 617. The van der Waals surface area contributed by atoms with Gasteiger partial charge in [-0.15, -0.1) is 0 Å². The van der Waals surface area contributed by atoms with E-state index in [9.17, 15) is 53.9 Å². The van der Waals surface area contributed by atoms with E-state index >= 15 is 0 Å². The third kappa shape index (κ3) is 7.77. The van der Waals surface area contributed by atoms with Gasteiger partial charge in [0.1, 0.15) is 0 Å². The third-order valence-electron chi connectivity index (χ3n) is 5.12. The van der Waals surface area contributed by atoms with E-state index in [0.29, 0.717) is 34.0 Å². The first-order chi connectivity index (χ1) is 14.8. The summed E-state index contributed by atoms with van der Waals surface area (Å²) in [6.45, 7) is 1.88. The van der Waals surface area contributed by atoms with Crippen LogP contribution in [0.3, 0.4) is 0 Å². The molecule has 0 aliphatic carbocycles. The zero-order valence-corrected chi connectivity index (χ0v) is 19.4. The van der Waals surface area contributed by atoms with Crippen LogP contribution in [0, 0.1) is 0 Å². The van der Waals surface area contributed by atoms with E-state index in [2.05, 4.69) is 0 Å². The Hall–Kier alpha value is -2.00. The molecule has 0 aromatic heterocycles. The summed E-state index contributed by atoms with van der Waals surface area (Å²) in [5.74, 6) is -8.32. The molecule has 0 radical (unpaired) electrons. The number of nitrogens with zero attached hydrogens (tertiary/aromatic N) is 3. The molecule has 0 saturated carbocycles. The number of amides is 3. The number of carbonyl (C=O) groups excluding carboxylic acids is 3. The Morgan fingerprint density at radius 3 is 1.12 bits per heavy atom. The quantitative estimate of drug-likeness (QED) is 0.245. The predicted molar refractivity (Wildman–Crippen MR) is 100 cm³/mol. The summed E-state index contributed by atoms with van der Waals surface area (Å²) in [7, 11) is -4.36. The maximum absolute atomic E-state index is 13.1. The molecule has 0 heterocycles. The fraction of sp³-hybridized carbons (Fsp3) is 0.824. The second-order valence-electron chi connectivity index (χ2n) is 7.38. The Balaban J connectivity index is 6.65. The van der Waals surface area contributed by atoms with Crippen molar-refractivity contribution in [1.29, 1.82) is 0 Å². The molecule has 0 rings (SSSR count). The summed E-state index contributed by atoms with van der Waals surface area (Å²) in [6.07, 6.45) is -14.4. The van der Waals surface area contributed by atoms with E-state index in [-0.39, 0.29) is 26.5 Å². The SMILES string of the molecule is CCCCCCCC[Si](N(C)C(=O)C(F)(F)F)(N(C)C(=O)C(F)(F)F)N(C)C(=O)C(F)(F)F. The van der Waals surface area contributed by atoms with Gasteiger partial charge in [-0.25, -0.2) is 0 Å². The van der Waals surface area contributed by atoms with Gasteiger partial charge in [-0.2, -0.15) is 39.5 Å². The molecule has 16 heteroatoms. The molecule has 3 amide bonds. The van der Waals surface area contributed by atoms with Gasteiger partial charge in [-0.05, 0) is 6.04 Å². The highest BCUT2D eigenvalue weighted by atomic mass is 28.4. The summed E-state index contributed by atoms with van der Waals surface area (Å²) < 4.78 is 117. The Labute approximate surface area is 185 Å². The predicted octanol–water partition coefficient (Wildman–Crippen LogP) is 4.35. The molecule has 33 heavy (non-hydrogen) atoms. The van der Waals surface area contributed by atoms with Crippen LogP contribution in [0.25, 0.3) is 0 Å². The van der Waals surface area contributed by atoms with Crippen molar-refractivity contribution in [2.75, 3.05) is 21.1 Å². The number of rotatable bonds is 10. The Morgan fingerprint density at radius 2 is 0.848 bits per heavy atom. The number of unbranched alkanes of at least 4 members (excludes halogenated alkanes) is 5. The second kappa shape index (κ2) is 11.4. The molecule has 0 aromatic carbocycles. The van der Waals surface area contributed by atoms with Gasteiger partial charge in [0, 0.05) is 21.1 Å². The van der Waals surface area contributed by atoms with Crippen LogP contribution in [-0.2, 0) is 14.4 Å². The van der Waals surface area contributed by atoms with Crippen molar-refractivity contribution in [3.63, 3.8) is 0 Å². The topological polar surface area (TPSA) is 60.9 Å². The maximum atomic E-state index is 13.1. The normalized spacial score (nSPS) is 13.0. The molecular formula is C17H26F9N3O3Si. The van der Waals surface area contributed by atoms with Crippen LogP contribution in [0.4, 0.5) is 39.5 Å². The van der Waals surface area contributed by atoms with E-state index < -0.39 is 50.9 Å². The molecule has 0 spiro atoms. The Kier molecular flexibility index (Phi) is 10.7. The fourth-order valence-electron chi connectivity index (χ4n) is 3.38. The largest absolute Gasteiger partial charge is 0.470 e. The number of halogens is 9. The summed E-state index contributed by atoms with van der Waals surface area (Å²) in [4.78, 5) is 35.8. The van der Waals surface area contributed by atoms with E-state index in [1.807, 2.05) is 6.92 Å². The Morgan fingerprint density at radius 1 is 0.576 bits per heavy atom. The van der Waals surface area contributed by atoms with Crippen molar-refractivity contribution < 1.29 is 53.9 Å². The lowest BCUT2D eigenvalue weighted by Gasteiger charge is -2.49. The standard InChI is InChI=1S/C17H26F9N3O3Si/c1-5-6-7-8-9-10-11-33(27(2)12(30)15(18,19)20,28(3)13(31)16(21,22)23)29(4)14(32)17(24,25)26/h5-11H2,1-4H3. The lowest BCUT2D eigenvalue weighted by molar-refractivity contribution is -0.187. The molecule has 194 valence electrons. The van der Waals surface area contributed by atoms with E-state index in [1.165, 1.54) is 0 Å². The molecule has 6 nitrogen and oxygen atoms in total. The van der Waals surface area contributed by atoms with Gasteiger partial charge < -0.3 is 13.7 Å². The first-order valence-corrected chi connectivity index (χ1v) is 11.9. The molecular weight excluding hydrogens is 493 g/mol. The highest BCUT2D eigenvalue weighted by molar-refractivity contribution is 6.77. The molecule has 0 N–H and O–H groups in total. The van der Waals surface area contributed by atoms with Crippen molar-refractivity contribution in [2.24, 2.45) is 0 Å². The average molecular weight is 519 g/mol. The van der Waals surface area contributed by atoms with Gasteiger partial charge in [0.05, 0.1) is 0 Å². The molecule has 0 fully saturated rings. The average Bonchev–Trinajstić information content (AvgIpc) is 2.68. The van der Waals surface area contributed by atoms with Crippen molar-refractivity contribution in [1.82, 2.24) is 13.7 Å². The third-order valence-corrected chi connectivity index (χ3v) is 9.98. The molecule has 0 saturated heterocycles. The maximum Gasteiger partial charge on any atom is 0.470 e. The van der Waals surface area contributed by atoms with Gasteiger partial charge in [-0.1, -0.05) is 45.4 Å². The number of carbonyl (C=O) groups is 3. The molecule has 0 aliphatic heterocycles. The monoisotopic (exact) mass is 519 g/mol. The van der Waals surface area contributed by atoms with Crippen LogP contribution in [-0.4, -0.2) is 79.6 Å². The van der Waals surface area contributed by atoms with Gasteiger partial charge in [0.2, 0.25) is 0 Å². The van der Waals surface area contributed by atoms with Crippen LogP contribution in [0.1, 0.15) is 45.4 Å². The second-order valence-corrected chi connectivity index (χ2v) is 11.4. The number of alkyl halides is 9. The van der Waals surface area contributed by atoms with Gasteiger partial charge in [0.15, 0.2) is 0 Å². The van der Waals surface area contributed by atoms with Gasteiger partial charge in [0.25, 0.3) is 0 Å². The number of hydrogen-bond acceptors (Lipinski definition) is 3. The highest BCUT2D eigenvalue weighted by Crippen LogP contribution is 2.34. The van der Waals surface area contributed by atoms with Crippen molar-refractivity contribution in [2.45, 2.75) is 70.0 Å². The minimum atomic E-state index is -5.68. The minimum absolute atomic E-state index is 0.185. The van der Waals surface area contributed by atoms with Crippen LogP contribution in [0.15, 0.2) is 0 Å². The summed E-state index contributed by atoms with van der Waals surface area (Å²) in [5, 5.41) is 0. The first kappa shape index (κ1) is 31.0. The van der Waals surface area contributed by atoms with Crippen molar-refractivity contribution in [3.05, 3.63) is 0 Å². The lowest BCUT2D eigenvalue weighted by atomic mass is 10.1. The van der Waals surface area contributed by atoms with E-state index in [1.54, 1.807) is 0 Å². The van der Waals surface area contributed by atoms with Crippen LogP contribution >= 0.6 is 0 Å². The summed E-state index contributed by atoms with van der Waals surface area (Å²) >= 11 is 0. The van der Waals surface area contributed by atoms with Crippen molar-refractivity contribution >= 4 is 26.3 Å². The zero-order valence-electron chi connectivity index (χ0n) is 18.4. The van der Waals surface area contributed by atoms with Gasteiger partial charge in [-0.3, -0.25) is 14.4 Å². The van der Waals surface area contributed by atoms with Crippen molar-refractivity contribution in [3.8, 4) is 0 Å². The van der Waals surface area contributed by atoms with Crippen LogP contribution < -0.4 is 0 Å². The smallest absolute Gasteiger partial charge is 0.330 e. The summed E-state index contributed by atoms with van der Waals surface area (Å²) in [6, 6.07) is -0.853. The summed E-state index contributed by atoms with van der Waals surface area (Å²) in [5.41, 5.74) is 0. The molecule has 0 bridgehead atoms. The molecule has 0 aromatic rings. The van der Waals surface area contributed by atoms with Gasteiger partial charge >= 0.3 is 44.8 Å². The van der Waals surface area contributed by atoms with Crippen LogP contribution in [0.5, 0.6) is 0 Å².